The summed E-state index contributed by atoms with van der Waals surface area (Å²) in [6.07, 6.45) is 1.36. The number of carbonyl (C=O) groups excluding carboxylic acids is 1. The summed E-state index contributed by atoms with van der Waals surface area (Å²) in [7, 11) is 1.47. The fourth-order valence-corrected chi connectivity index (χ4v) is 3.40. The van der Waals surface area contributed by atoms with Gasteiger partial charge in [-0.05, 0) is 41.5 Å². The van der Waals surface area contributed by atoms with Crippen molar-refractivity contribution in [3.05, 3.63) is 114 Å². The molecule has 4 aromatic rings. The van der Waals surface area contributed by atoms with Crippen LogP contribution in [0.2, 0.25) is 0 Å². The van der Waals surface area contributed by atoms with Gasteiger partial charge in [0, 0.05) is 16.7 Å². The monoisotopic (exact) mass is 452 g/mol. The summed E-state index contributed by atoms with van der Waals surface area (Å²) in [5, 5.41) is 14.0. The van der Waals surface area contributed by atoms with Crippen molar-refractivity contribution in [1.82, 2.24) is 5.43 Å². The maximum absolute atomic E-state index is 12.4. The molecule has 34 heavy (non-hydrogen) atoms. The highest BCUT2D eigenvalue weighted by molar-refractivity contribution is 5.95. The van der Waals surface area contributed by atoms with E-state index >= 15 is 0 Å². The molecule has 0 aliphatic carbocycles. The molecule has 0 aromatic heterocycles. The Bertz CT molecular complexity index is 1290. The lowest BCUT2D eigenvalue weighted by Gasteiger charge is -2.12. The van der Waals surface area contributed by atoms with E-state index in [1.54, 1.807) is 30.3 Å². The minimum atomic E-state index is -0.361. The summed E-state index contributed by atoms with van der Waals surface area (Å²) in [5.41, 5.74) is 6.41. The molecule has 0 aliphatic heterocycles. The van der Waals surface area contributed by atoms with Gasteiger partial charge in [-0.2, -0.15) is 5.10 Å². The summed E-state index contributed by atoms with van der Waals surface area (Å²) in [6, 6.07) is 30.1. The number of hydrogen-bond donors (Lipinski definition) is 2. The van der Waals surface area contributed by atoms with Crippen molar-refractivity contribution in [3.63, 3.8) is 0 Å². The van der Waals surface area contributed by atoms with Gasteiger partial charge in [-0.25, -0.2) is 5.43 Å². The number of hydrogen-bond acceptors (Lipinski definition) is 5. The number of phenols is 1. The van der Waals surface area contributed by atoms with Gasteiger partial charge in [0.2, 0.25) is 0 Å². The van der Waals surface area contributed by atoms with Gasteiger partial charge in [-0.3, -0.25) is 4.79 Å². The number of nitrogens with one attached hydrogen (secondary N) is 1. The second kappa shape index (κ2) is 10.8. The minimum Gasteiger partial charge on any atom is -0.504 e. The van der Waals surface area contributed by atoms with Crippen LogP contribution >= 0.6 is 0 Å². The standard InChI is InChI=1S/C28H24N2O4/c1-33-26-13-7-10-23(27(26)31)18-29-30-28(32)22-16-14-20(15-17-22)19-34-25-12-6-5-11-24(25)21-8-3-2-4-9-21/h2-18,31H,19H2,1H3,(H,30,32)/b29-18+. The van der Waals surface area contributed by atoms with Crippen LogP contribution in [-0.4, -0.2) is 24.3 Å². The van der Waals surface area contributed by atoms with E-state index in [0.29, 0.717) is 23.5 Å². The number of benzene rings is 4. The van der Waals surface area contributed by atoms with Crippen molar-refractivity contribution in [2.75, 3.05) is 7.11 Å². The van der Waals surface area contributed by atoms with E-state index in [9.17, 15) is 9.90 Å². The summed E-state index contributed by atoms with van der Waals surface area (Å²) < 4.78 is 11.1. The number of hydrazone groups is 1. The van der Waals surface area contributed by atoms with Crippen molar-refractivity contribution in [3.8, 4) is 28.4 Å². The quantitative estimate of drug-likeness (QED) is 0.277. The Kier molecular flexibility index (Phi) is 7.20. The molecule has 0 radical (unpaired) electrons. The summed E-state index contributed by atoms with van der Waals surface area (Å²) >= 11 is 0. The van der Waals surface area contributed by atoms with Crippen molar-refractivity contribution in [2.24, 2.45) is 5.10 Å². The molecule has 0 heterocycles. The molecule has 170 valence electrons. The number of amides is 1. The summed E-state index contributed by atoms with van der Waals surface area (Å²) in [5.74, 6) is 0.729. The molecule has 0 spiro atoms. The molecule has 0 saturated carbocycles. The number of nitrogens with zero attached hydrogens (tertiary/aromatic N) is 1. The Hall–Kier alpha value is -4.58. The summed E-state index contributed by atoms with van der Waals surface area (Å²) in [4.78, 5) is 12.4. The van der Waals surface area contributed by atoms with Crippen LogP contribution in [0.25, 0.3) is 11.1 Å². The molecular weight excluding hydrogens is 428 g/mol. The van der Waals surface area contributed by atoms with Crippen molar-refractivity contribution in [2.45, 2.75) is 6.61 Å². The van der Waals surface area contributed by atoms with Gasteiger partial charge < -0.3 is 14.6 Å². The van der Waals surface area contributed by atoms with Gasteiger partial charge in [0.25, 0.3) is 5.91 Å². The molecule has 0 bridgehead atoms. The highest BCUT2D eigenvalue weighted by atomic mass is 16.5. The first-order valence-electron chi connectivity index (χ1n) is 10.7. The number of carbonyl (C=O) groups is 1. The number of ether oxygens (including phenoxy) is 2. The Labute approximate surface area is 198 Å². The lowest BCUT2D eigenvalue weighted by atomic mass is 10.0. The van der Waals surface area contributed by atoms with Gasteiger partial charge in [0.05, 0.1) is 13.3 Å². The van der Waals surface area contributed by atoms with E-state index in [2.05, 4.69) is 10.5 Å². The van der Waals surface area contributed by atoms with Crippen LogP contribution in [0.5, 0.6) is 17.2 Å². The number of para-hydroxylation sites is 2. The highest BCUT2D eigenvalue weighted by Gasteiger charge is 2.08. The molecule has 0 fully saturated rings. The number of phenolic OH excluding ortho intramolecular Hbond substituents is 1. The second-order valence-electron chi connectivity index (χ2n) is 7.45. The van der Waals surface area contributed by atoms with E-state index in [1.807, 2.05) is 66.7 Å². The Morgan fingerprint density at radius 2 is 1.59 bits per heavy atom. The van der Waals surface area contributed by atoms with E-state index in [4.69, 9.17) is 9.47 Å². The largest absolute Gasteiger partial charge is 0.504 e. The number of methoxy groups -OCH3 is 1. The predicted molar refractivity (Wildman–Crippen MR) is 132 cm³/mol. The fourth-order valence-electron chi connectivity index (χ4n) is 3.40. The first kappa shape index (κ1) is 22.6. The third-order valence-electron chi connectivity index (χ3n) is 5.20. The molecule has 0 atom stereocenters. The smallest absolute Gasteiger partial charge is 0.271 e. The molecule has 2 N–H and O–H groups in total. The zero-order chi connectivity index (χ0) is 23.8. The SMILES string of the molecule is COc1cccc(/C=N/NC(=O)c2ccc(COc3ccccc3-c3ccccc3)cc2)c1O. The highest BCUT2D eigenvalue weighted by Crippen LogP contribution is 2.30. The van der Waals surface area contributed by atoms with E-state index in [0.717, 1.165) is 22.4 Å². The zero-order valence-corrected chi connectivity index (χ0v) is 18.6. The van der Waals surface area contributed by atoms with Crippen LogP contribution in [-0.2, 0) is 6.61 Å². The predicted octanol–water partition coefficient (Wildman–Crippen LogP) is 5.41. The molecule has 1 amide bonds. The summed E-state index contributed by atoms with van der Waals surface area (Å²) in [6.45, 7) is 0.374. The molecule has 6 nitrogen and oxygen atoms in total. The van der Waals surface area contributed by atoms with Crippen molar-refractivity contribution >= 4 is 12.1 Å². The molecule has 0 aliphatic rings. The third-order valence-corrected chi connectivity index (χ3v) is 5.20. The van der Waals surface area contributed by atoms with E-state index in [-0.39, 0.29) is 11.7 Å². The van der Waals surface area contributed by atoms with Crippen LogP contribution < -0.4 is 14.9 Å². The van der Waals surface area contributed by atoms with E-state index in [1.165, 1.54) is 13.3 Å². The van der Waals surface area contributed by atoms with Gasteiger partial charge >= 0.3 is 0 Å². The van der Waals surface area contributed by atoms with Crippen LogP contribution in [0, 0.1) is 0 Å². The molecular formula is C28H24N2O4. The topological polar surface area (TPSA) is 80.2 Å². The normalized spacial score (nSPS) is 10.7. The number of aromatic hydroxyl groups is 1. The number of rotatable bonds is 8. The molecule has 6 heteroatoms. The van der Waals surface area contributed by atoms with E-state index < -0.39 is 0 Å². The van der Waals surface area contributed by atoms with Crippen LogP contribution in [0.15, 0.2) is 102 Å². The van der Waals surface area contributed by atoms with Crippen LogP contribution in [0.4, 0.5) is 0 Å². The molecule has 0 unspecified atom stereocenters. The molecule has 4 rings (SSSR count). The Balaban J connectivity index is 1.36. The Morgan fingerprint density at radius 3 is 2.35 bits per heavy atom. The zero-order valence-electron chi connectivity index (χ0n) is 18.6. The first-order chi connectivity index (χ1) is 16.7. The lowest BCUT2D eigenvalue weighted by Crippen LogP contribution is -2.17. The van der Waals surface area contributed by atoms with Crippen LogP contribution in [0.1, 0.15) is 21.5 Å². The van der Waals surface area contributed by atoms with Gasteiger partial charge in [0.15, 0.2) is 11.5 Å². The average Bonchev–Trinajstić information content (AvgIpc) is 2.89. The second-order valence-corrected chi connectivity index (χ2v) is 7.45. The third kappa shape index (κ3) is 5.42. The van der Waals surface area contributed by atoms with Crippen LogP contribution in [0.3, 0.4) is 0 Å². The minimum absolute atomic E-state index is 0.0406. The molecule has 4 aromatic carbocycles. The van der Waals surface area contributed by atoms with Crippen molar-refractivity contribution < 1.29 is 19.4 Å². The maximum Gasteiger partial charge on any atom is 0.271 e. The van der Waals surface area contributed by atoms with Gasteiger partial charge in [-0.15, -0.1) is 0 Å². The lowest BCUT2D eigenvalue weighted by molar-refractivity contribution is 0.0955. The average molecular weight is 453 g/mol. The van der Waals surface area contributed by atoms with Gasteiger partial charge in [0.1, 0.15) is 12.4 Å². The molecule has 0 saturated heterocycles. The van der Waals surface area contributed by atoms with Gasteiger partial charge in [-0.1, -0.05) is 66.7 Å². The fraction of sp³-hybridized carbons (Fsp3) is 0.0714. The maximum atomic E-state index is 12.4. The Morgan fingerprint density at radius 1 is 0.882 bits per heavy atom. The van der Waals surface area contributed by atoms with Crippen molar-refractivity contribution in [1.29, 1.82) is 0 Å². The first-order valence-corrected chi connectivity index (χ1v) is 10.7.